The van der Waals surface area contributed by atoms with Gasteiger partial charge in [0.05, 0.1) is 6.54 Å². The second-order valence-electron chi connectivity index (χ2n) is 5.63. The van der Waals surface area contributed by atoms with Crippen molar-refractivity contribution in [1.82, 2.24) is 10.2 Å². The number of amides is 2. The van der Waals surface area contributed by atoms with Crippen LogP contribution < -0.4 is 5.32 Å². The van der Waals surface area contributed by atoms with E-state index in [1.54, 1.807) is 0 Å². The molecular formula is C14H23FN2O2. The smallest absolute Gasteiger partial charge is 0.249 e. The summed E-state index contributed by atoms with van der Waals surface area (Å²) in [5, 5.41) is 2.97. The van der Waals surface area contributed by atoms with Crippen molar-refractivity contribution in [3.63, 3.8) is 0 Å². The molecule has 2 rings (SSSR count). The van der Waals surface area contributed by atoms with Crippen molar-refractivity contribution >= 4 is 11.8 Å². The highest BCUT2D eigenvalue weighted by Gasteiger charge is 2.57. The van der Waals surface area contributed by atoms with E-state index in [1.165, 1.54) is 4.90 Å². The summed E-state index contributed by atoms with van der Waals surface area (Å²) in [4.78, 5) is 26.8. The van der Waals surface area contributed by atoms with Gasteiger partial charge >= 0.3 is 0 Å². The van der Waals surface area contributed by atoms with Crippen LogP contribution >= 0.6 is 0 Å². The lowest BCUT2D eigenvalue weighted by Crippen LogP contribution is -2.75. The van der Waals surface area contributed by atoms with Crippen molar-refractivity contribution in [1.29, 1.82) is 0 Å². The van der Waals surface area contributed by atoms with Crippen molar-refractivity contribution in [3.8, 4) is 0 Å². The molecule has 5 heteroatoms. The number of alkyl halides is 1. The predicted octanol–water partition coefficient (Wildman–Crippen LogP) is 1.79. The molecule has 1 aliphatic carbocycles. The summed E-state index contributed by atoms with van der Waals surface area (Å²) in [6, 6.07) is 0. The number of nitrogens with one attached hydrogen (secondary N) is 1. The Morgan fingerprint density at radius 2 is 1.79 bits per heavy atom. The summed E-state index contributed by atoms with van der Waals surface area (Å²) in [6.45, 7) is 3.19. The van der Waals surface area contributed by atoms with Crippen LogP contribution in [0.2, 0.25) is 0 Å². The maximum absolute atomic E-state index is 12.8. The van der Waals surface area contributed by atoms with Crippen LogP contribution in [0.4, 0.5) is 4.39 Å². The number of rotatable bonds is 4. The topological polar surface area (TPSA) is 49.4 Å². The van der Waals surface area contributed by atoms with E-state index < -0.39 is 17.8 Å². The molecule has 1 spiro atoms. The minimum absolute atomic E-state index is 0.0235. The molecule has 0 radical (unpaired) electrons. The van der Waals surface area contributed by atoms with Crippen LogP contribution in [0, 0.1) is 0 Å². The Bertz CT molecular complexity index is 374. The van der Waals surface area contributed by atoms with Gasteiger partial charge in [-0.2, -0.15) is 0 Å². The number of carbonyl (C=O) groups excluding carboxylic acids is 2. The fourth-order valence-corrected chi connectivity index (χ4v) is 3.63. The van der Waals surface area contributed by atoms with Crippen LogP contribution in [0.1, 0.15) is 52.4 Å². The molecule has 108 valence electrons. The van der Waals surface area contributed by atoms with Gasteiger partial charge in [0.1, 0.15) is 17.8 Å². The standard InChI is InChI=1S/C14H23FN2O2/c1-3-14(4-2)11(18)16-13(7-5-6-8-13)12(19)17(14)10-9-15/h3-10H2,1-2H3,(H,16,18). The van der Waals surface area contributed by atoms with Gasteiger partial charge in [0, 0.05) is 0 Å². The van der Waals surface area contributed by atoms with Gasteiger partial charge in [-0.3, -0.25) is 9.59 Å². The highest BCUT2D eigenvalue weighted by atomic mass is 19.1. The molecule has 0 bridgehead atoms. The zero-order chi connectivity index (χ0) is 14.1. The largest absolute Gasteiger partial charge is 0.340 e. The van der Waals surface area contributed by atoms with Gasteiger partial charge in [-0.05, 0) is 25.7 Å². The Balaban J connectivity index is 2.39. The Labute approximate surface area is 113 Å². The predicted molar refractivity (Wildman–Crippen MR) is 70.3 cm³/mol. The van der Waals surface area contributed by atoms with Crippen LogP contribution in [-0.4, -0.2) is 41.0 Å². The molecule has 0 atom stereocenters. The zero-order valence-electron chi connectivity index (χ0n) is 11.8. The lowest BCUT2D eigenvalue weighted by molar-refractivity contribution is -0.164. The third kappa shape index (κ3) is 1.94. The first kappa shape index (κ1) is 14.3. The van der Waals surface area contributed by atoms with Gasteiger partial charge in [0.25, 0.3) is 0 Å². The molecule has 0 aromatic rings. The summed E-state index contributed by atoms with van der Waals surface area (Å²) in [6.07, 6.45) is 4.31. The van der Waals surface area contributed by atoms with Crippen molar-refractivity contribution in [2.45, 2.75) is 63.5 Å². The average molecular weight is 270 g/mol. The van der Waals surface area contributed by atoms with E-state index in [-0.39, 0.29) is 18.4 Å². The Kier molecular flexibility index (Phi) is 3.83. The lowest BCUT2D eigenvalue weighted by atomic mass is 9.81. The molecule has 2 aliphatic rings. The molecule has 0 aromatic heterocycles. The molecule has 1 saturated heterocycles. The Morgan fingerprint density at radius 3 is 2.26 bits per heavy atom. The van der Waals surface area contributed by atoms with Gasteiger partial charge in [-0.25, -0.2) is 4.39 Å². The Hall–Kier alpha value is -1.13. The minimum atomic E-state index is -0.864. The van der Waals surface area contributed by atoms with Crippen LogP contribution in [0.5, 0.6) is 0 Å². The fourth-order valence-electron chi connectivity index (χ4n) is 3.63. The van der Waals surface area contributed by atoms with Gasteiger partial charge in [-0.15, -0.1) is 0 Å². The van der Waals surface area contributed by atoms with E-state index in [0.717, 1.165) is 12.8 Å². The van der Waals surface area contributed by atoms with Crippen LogP contribution in [0.15, 0.2) is 0 Å². The summed E-state index contributed by atoms with van der Waals surface area (Å²) in [5.41, 5.74) is -1.61. The highest BCUT2D eigenvalue weighted by Crippen LogP contribution is 2.39. The molecule has 2 fully saturated rings. The first-order chi connectivity index (χ1) is 9.06. The zero-order valence-corrected chi connectivity index (χ0v) is 11.8. The lowest BCUT2D eigenvalue weighted by Gasteiger charge is -2.51. The molecule has 19 heavy (non-hydrogen) atoms. The van der Waals surface area contributed by atoms with E-state index in [4.69, 9.17) is 0 Å². The average Bonchev–Trinajstić information content (AvgIpc) is 2.87. The fraction of sp³-hybridized carbons (Fsp3) is 0.857. The molecule has 1 aliphatic heterocycles. The van der Waals surface area contributed by atoms with E-state index in [9.17, 15) is 14.0 Å². The van der Waals surface area contributed by atoms with E-state index in [2.05, 4.69) is 5.32 Å². The van der Waals surface area contributed by atoms with Crippen molar-refractivity contribution in [3.05, 3.63) is 0 Å². The maximum Gasteiger partial charge on any atom is 0.249 e. The van der Waals surface area contributed by atoms with Crippen molar-refractivity contribution in [2.24, 2.45) is 0 Å². The third-order valence-electron chi connectivity index (χ3n) is 4.88. The van der Waals surface area contributed by atoms with Crippen LogP contribution in [0.3, 0.4) is 0 Å². The molecule has 0 aromatic carbocycles. The number of halogens is 1. The molecular weight excluding hydrogens is 247 g/mol. The second-order valence-corrected chi connectivity index (χ2v) is 5.63. The monoisotopic (exact) mass is 270 g/mol. The van der Waals surface area contributed by atoms with Gasteiger partial charge in [0.15, 0.2) is 0 Å². The molecule has 1 N–H and O–H groups in total. The summed E-state index contributed by atoms with van der Waals surface area (Å²) < 4.78 is 12.8. The number of nitrogens with zero attached hydrogens (tertiary/aromatic N) is 1. The van der Waals surface area contributed by atoms with Crippen LogP contribution in [0.25, 0.3) is 0 Å². The van der Waals surface area contributed by atoms with Gasteiger partial charge in [0.2, 0.25) is 11.8 Å². The SMILES string of the molecule is CCC1(CC)C(=O)NC2(CCCC2)C(=O)N1CCF. The molecule has 2 amide bonds. The number of hydrogen-bond acceptors (Lipinski definition) is 2. The maximum atomic E-state index is 12.8. The molecule has 1 heterocycles. The van der Waals surface area contributed by atoms with E-state index >= 15 is 0 Å². The summed E-state index contributed by atoms with van der Waals surface area (Å²) in [7, 11) is 0. The molecule has 4 nitrogen and oxygen atoms in total. The Morgan fingerprint density at radius 1 is 1.21 bits per heavy atom. The normalized spacial score (nSPS) is 24.9. The number of piperazine rings is 1. The number of hydrogen-bond donors (Lipinski definition) is 1. The molecule has 0 unspecified atom stereocenters. The first-order valence-electron chi connectivity index (χ1n) is 7.27. The van der Waals surface area contributed by atoms with E-state index in [1.807, 2.05) is 13.8 Å². The quantitative estimate of drug-likeness (QED) is 0.846. The minimum Gasteiger partial charge on any atom is -0.340 e. The van der Waals surface area contributed by atoms with Crippen molar-refractivity contribution in [2.75, 3.05) is 13.2 Å². The van der Waals surface area contributed by atoms with Gasteiger partial charge in [-0.1, -0.05) is 26.7 Å². The third-order valence-corrected chi connectivity index (χ3v) is 4.88. The molecule has 1 saturated carbocycles. The van der Waals surface area contributed by atoms with Crippen molar-refractivity contribution < 1.29 is 14.0 Å². The number of carbonyl (C=O) groups is 2. The van der Waals surface area contributed by atoms with Crippen LogP contribution in [-0.2, 0) is 9.59 Å². The van der Waals surface area contributed by atoms with Gasteiger partial charge < -0.3 is 10.2 Å². The summed E-state index contributed by atoms with van der Waals surface area (Å²) >= 11 is 0. The summed E-state index contributed by atoms with van der Waals surface area (Å²) in [5.74, 6) is -0.182. The first-order valence-corrected chi connectivity index (χ1v) is 7.27. The van der Waals surface area contributed by atoms with E-state index in [0.29, 0.717) is 25.7 Å². The second kappa shape index (κ2) is 5.10. The highest BCUT2D eigenvalue weighted by molar-refractivity contribution is 6.02.